The van der Waals surface area contributed by atoms with Crippen LogP contribution < -0.4 is 16.1 Å². The van der Waals surface area contributed by atoms with Crippen molar-refractivity contribution in [3.8, 4) is 0 Å². The van der Waals surface area contributed by atoms with E-state index in [1.807, 2.05) is 6.08 Å². The number of aromatic nitrogens is 1. The van der Waals surface area contributed by atoms with Crippen LogP contribution in [-0.4, -0.2) is 43.3 Å². The number of carbonyl (C=O) groups excluding carboxylic acids is 1. The van der Waals surface area contributed by atoms with Gasteiger partial charge in [0.2, 0.25) is 6.41 Å². The van der Waals surface area contributed by atoms with Crippen molar-refractivity contribution in [1.82, 2.24) is 15.2 Å². The molecule has 0 aliphatic carbocycles. The molecule has 1 aromatic rings. The average Bonchev–Trinajstić information content (AvgIpc) is 2.82. The topological polar surface area (TPSA) is 130 Å². The lowest BCUT2D eigenvalue weighted by atomic mass is 10.0. The Morgan fingerprint density at radius 2 is 2.06 bits per heavy atom. The number of carbonyl (C=O) groups is 1. The minimum absolute atomic E-state index is 0.0138. The van der Waals surface area contributed by atoms with E-state index in [0.29, 0.717) is 17.5 Å². The number of amides is 1. The van der Waals surface area contributed by atoms with Crippen LogP contribution in [0, 0.1) is 22.0 Å². The number of halogens is 1. The third-order valence-corrected chi connectivity index (χ3v) is 4.77. The molecular formula is C25H34FN7O. The Balaban J connectivity index is 3.41. The number of unbranched alkanes of at least 4 members (excludes halogenated alkanes) is 2. The van der Waals surface area contributed by atoms with Crippen molar-refractivity contribution >= 4 is 30.2 Å². The number of aliphatic imine (C=N–C) groups is 1. The van der Waals surface area contributed by atoms with Crippen molar-refractivity contribution < 1.29 is 9.18 Å². The fourth-order valence-corrected chi connectivity index (χ4v) is 3.16. The van der Waals surface area contributed by atoms with Crippen molar-refractivity contribution in [2.24, 2.45) is 4.99 Å². The second kappa shape index (κ2) is 15.8. The smallest absolute Gasteiger partial charge is 0.211 e. The summed E-state index contributed by atoms with van der Waals surface area (Å²) in [6, 6.07) is 1.17. The van der Waals surface area contributed by atoms with Crippen molar-refractivity contribution in [3.63, 3.8) is 0 Å². The van der Waals surface area contributed by atoms with Crippen molar-refractivity contribution in [1.29, 1.82) is 16.2 Å². The van der Waals surface area contributed by atoms with E-state index in [-0.39, 0.29) is 12.3 Å². The predicted molar refractivity (Wildman–Crippen MR) is 137 cm³/mol. The fourth-order valence-electron chi connectivity index (χ4n) is 3.16. The van der Waals surface area contributed by atoms with Crippen molar-refractivity contribution in [3.05, 3.63) is 70.9 Å². The van der Waals surface area contributed by atoms with Gasteiger partial charge in [0.1, 0.15) is 5.84 Å². The maximum absolute atomic E-state index is 14.5. The molecule has 1 aromatic heterocycles. The molecule has 0 atom stereocenters. The maximum atomic E-state index is 14.5. The fraction of sp³-hybridized carbons (Fsp3) is 0.320. The third-order valence-electron chi connectivity index (χ3n) is 4.77. The van der Waals surface area contributed by atoms with Gasteiger partial charge in [0.25, 0.3) is 0 Å². The van der Waals surface area contributed by atoms with Gasteiger partial charge < -0.3 is 16.0 Å². The highest BCUT2D eigenvalue weighted by Crippen LogP contribution is 2.16. The zero-order valence-electron chi connectivity index (χ0n) is 20.0. The molecule has 0 spiro atoms. The highest BCUT2D eigenvalue weighted by atomic mass is 19.1. The van der Waals surface area contributed by atoms with Crippen LogP contribution in [0.3, 0.4) is 0 Å². The number of pyridine rings is 1. The third kappa shape index (κ3) is 9.32. The zero-order valence-corrected chi connectivity index (χ0v) is 20.0. The molecule has 5 N–H and O–H groups in total. The Kier molecular flexibility index (Phi) is 13.1. The number of nitrogens with zero attached hydrogens (tertiary/aromatic N) is 2. The minimum atomic E-state index is -0.791. The van der Waals surface area contributed by atoms with Gasteiger partial charge in [-0.15, -0.1) is 0 Å². The summed E-state index contributed by atoms with van der Waals surface area (Å²) in [6.07, 6.45) is 17.3. The molecular weight excluding hydrogens is 433 g/mol. The molecule has 0 saturated heterocycles. The van der Waals surface area contributed by atoms with Gasteiger partial charge >= 0.3 is 0 Å². The van der Waals surface area contributed by atoms with Crippen LogP contribution in [0.15, 0.2) is 59.0 Å². The van der Waals surface area contributed by atoms with Crippen molar-refractivity contribution in [2.45, 2.75) is 39.0 Å². The van der Waals surface area contributed by atoms with Crippen LogP contribution in [0.4, 0.5) is 4.39 Å². The summed E-state index contributed by atoms with van der Waals surface area (Å²) in [5.41, 5.74) is 2.07. The predicted octanol–water partition coefficient (Wildman–Crippen LogP) is 3.93. The lowest BCUT2D eigenvalue weighted by Gasteiger charge is -2.13. The molecule has 182 valence electrons. The number of nitrogens with one attached hydrogen (secondary N) is 5. The second-order valence-electron chi connectivity index (χ2n) is 7.40. The van der Waals surface area contributed by atoms with Gasteiger partial charge in [-0.25, -0.2) is 4.39 Å². The largest absolute Gasteiger partial charge is 0.393 e. The summed E-state index contributed by atoms with van der Waals surface area (Å²) in [5, 5.41) is 29.5. The lowest BCUT2D eigenvalue weighted by molar-refractivity contribution is -0.108. The van der Waals surface area contributed by atoms with E-state index in [2.05, 4.69) is 22.5 Å². The van der Waals surface area contributed by atoms with Gasteiger partial charge in [0.05, 0.1) is 0 Å². The molecule has 0 radical (unpaired) electrons. The average molecular weight is 468 g/mol. The zero-order chi connectivity index (χ0) is 25.3. The highest BCUT2D eigenvalue weighted by Gasteiger charge is 2.11. The first-order valence-corrected chi connectivity index (χ1v) is 11.0. The van der Waals surface area contributed by atoms with Crippen LogP contribution in [0.5, 0.6) is 0 Å². The van der Waals surface area contributed by atoms with Crippen LogP contribution in [0.1, 0.15) is 44.6 Å². The van der Waals surface area contributed by atoms with Gasteiger partial charge in [-0.1, -0.05) is 31.9 Å². The second-order valence-corrected chi connectivity index (χ2v) is 7.40. The summed E-state index contributed by atoms with van der Waals surface area (Å²) in [5.74, 6) is -0.805. The van der Waals surface area contributed by atoms with Crippen LogP contribution >= 0.6 is 0 Å². The minimum Gasteiger partial charge on any atom is -0.393 e. The summed E-state index contributed by atoms with van der Waals surface area (Å²) >= 11 is 0. The Bertz CT molecular complexity index is 1060. The Labute approximate surface area is 200 Å². The van der Waals surface area contributed by atoms with Crippen LogP contribution in [-0.2, 0) is 4.79 Å². The molecule has 9 heteroatoms. The van der Waals surface area contributed by atoms with Crippen molar-refractivity contribution in [2.75, 3.05) is 14.1 Å². The van der Waals surface area contributed by atoms with Crippen LogP contribution in [0.2, 0.25) is 0 Å². The Morgan fingerprint density at radius 1 is 1.29 bits per heavy atom. The van der Waals surface area contributed by atoms with E-state index in [0.717, 1.165) is 47.6 Å². The highest BCUT2D eigenvalue weighted by molar-refractivity contribution is 6.08. The van der Waals surface area contributed by atoms with Gasteiger partial charge in [0.15, 0.2) is 11.3 Å². The van der Waals surface area contributed by atoms with Gasteiger partial charge in [0, 0.05) is 62.7 Å². The summed E-state index contributed by atoms with van der Waals surface area (Å²) < 4.78 is 15.7. The van der Waals surface area contributed by atoms with Crippen LogP contribution in [0.25, 0.3) is 5.57 Å². The van der Waals surface area contributed by atoms with E-state index in [4.69, 9.17) is 16.2 Å². The molecule has 0 unspecified atom stereocenters. The number of hydrogen-bond donors (Lipinski definition) is 5. The first kappa shape index (κ1) is 28.2. The Morgan fingerprint density at radius 3 is 2.68 bits per heavy atom. The van der Waals surface area contributed by atoms with E-state index in [1.54, 1.807) is 38.7 Å². The van der Waals surface area contributed by atoms with E-state index in [9.17, 15) is 9.18 Å². The number of hydrogen-bond acceptors (Lipinski definition) is 6. The molecule has 0 aromatic carbocycles. The molecule has 0 aliphatic heterocycles. The standard InChI is InChI=1S/C25H34FN7O/c1-4-5-6-8-20(15-30-2)11-19(9-7-10-32-18-34)12-24(28)33-17-21(13-23(26)25(33)29)22(14-27)16-31-3/h7,9-11,13-18,27-29,31H,4-6,8,12H2,1-3H3,(H,32,34)/b10-7-,19-9-,20-11-,22-16+,27-14?,28-24?,29-25?,30-15-. The van der Waals surface area contributed by atoms with E-state index in [1.165, 1.54) is 18.5 Å². The molecule has 0 saturated carbocycles. The molecule has 8 nitrogen and oxygen atoms in total. The van der Waals surface area contributed by atoms with Gasteiger partial charge in [-0.3, -0.25) is 25.2 Å². The molecule has 1 amide bonds. The SMILES string of the molecule is CCCCCC(/C=N\C)=C/C(=C/C=C\NC=O)CC(=N)n1cc(/C(C=N)=C/NC)cc(F)c1=N. The first-order valence-electron chi connectivity index (χ1n) is 11.0. The molecule has 0 fully saturated rings. The molecule has 1 rings (SSSR count). The van der Waals surface area contributed by atoms with Gasteiger partial charge in [-0.2, -0.15) is 0 Å². The quantitative estimate of drug-likeness (QED) is 0.0934. The van der Waals surface area contributed by atoms with E-state index >= 15 is 0 Å². The number of rotatable bonds is 14. The molecule has 0 bridgehead atoms. The Hall–Kier alpha value is -3.88. The maximum Gasteiger partial charge on any atom is 0.211 e. The number of allylic oxidation sites excluding steroid dienone is 6. The van der Waals surface area contributed by atoms with E-state index < -0.39 is 11.3 Å². The summed E-state index contributed by atoms with van der Waals surface area (Å²) in [6.45, 7) is 2.13. The molecule has 1 heterocycles. The normalized spacial score (nSPS) is 12.9. The lowest BCUT2D eigenvalue weighted by Crippen LogP contribution is -2.29. The monoisotopic (exact) mass is 467 g/mol. The molecule has 0 aliphatic rings. The van der Waals surface area contributed by atoms with Gasteiger partial charge in [-0.05, 0) is 36.1 Å². The summed E-state index contributed by atoms with van der Waals surface area (Å²) in [7, 11) is 3.37. The molecule has 34 heavy (non-hydrogen) atoms. The first-order chi connectivity index (χ1) is 16.4. The summed E-state index contributed by atoms with van der Waals surface area (Å²) in [4.78, 5) is 14.6.